The fourth-order valence-corrected chi connectivity index (χ4v) is 3.37. The number of carbonyl (C=O) groups is 1. The van der Waals surface area contributed by atoms with Crippen molar-refractivity contribution in [3.05, 3.63) is 53.4 Å². The average Bonchev–Trinajstić information content (AvgIpc) is 3.14. The van der Waals surface area contributed by atoms with Crippen molar-refractivity contribution in [2.45, 2.75) is 0 Å². The van der Waals surface area contributed by atoms with Gasteiger partial charge in [0.15, 0.2) is 22.1 Å². The van der Waals surface area contributed by atoms with Crippen LogP contribution in [0.1, 0.15) is 0 Å². The summed E-state index contributed by atoms with van der Waals surface area (Å²) in [4.78, 5) is 17.6. The van der Waals surface area contributed by atoms with E-state index in [9.17, 15) is 9.90 Å². The molecule has 0 unspecified atom stereocenters. The minimum absolute atomic E-state index is 0.0810. The van der Waals surface area contributed by atoms with Gasteiger partial charge in [-0.25, -0.2) is 4.79 Å². The van der Waals surface area contributed by atoms with Gasteiger partial charge in [0.25, 0.3) is 0 Å². The number of pyridine rings is 1. The maximum Gasteiger partial charge on any atom is 0.414 e. The van der Waals surface area contributed by atoms with E-state index in [1.165, 1.54) is 18.1 Å². The van der Waals surface area contributed by atoms with Crippen LogP contribution in [0, 0.1) is 4.77 Å². The highest BCUT2D eigenvalue weighted by atomic mass is 32.1. The number of nitrogens with zero attached hydrogens (tertiary/aromatic N) is 4. The molecule has 10 heteroatoms. The highest BCUT2D eigenvalue weighted by Gasteiger charge is 2.21. The summed E-state index contributed by atoms with van der Waals surface area (Å²) < 4.78 is 12.7. The van der Waals surface area contributed by atoms with Crippen LogP contribution in [0.5, 0.6) is 17.2 Å². The maximum atomic E-state index is 11.9. The van der Waals surface area contributed by atoms with Crippen LogP contribution in [-0.2, 0) is 0 Å². The number of rotatable bonds is 4. The van der Waals surface area contributed by atoms with Gasteiger partial charge in [-0.15, -0.1) is 0 Å². The van der Waals surface area contributed by atoms with Gasteiger partial charge in [0.2, 0.25) is 0 Å². The van der Waals surface area contributed by atoms with Gasteiger partial charge in [-0.05, 0) is 42.5 Å². The van der Waals surface area contributed by atoms with Crippen molar-refractivity contribution in [2.75, 3.05) is 21.2 Å². The van der Waals surface area contributed by atoms with E-state index in [1.54, 1.807) is 30.9 Å². The molecule has 2 heterocycles. The molecule has 2 N–H and O–H groups in total. The Bertz CT molecular complexity index is 1340. The van der Waals surface area contributed by atoms with E-state index in [1.807, 2.05) is 30.3 Å². The van der Waals surface area contributed by atoms with Gasteiger partial charge < -0.3 is 19.5 Å². The largest absolute Gasteiger partial charge is 0.507 e. The third-order valence-corrected chi connectivity index (χ3v) is 4.90. The molecule has 2 aromatic carbocycles. The molecule has 0 spiro atoms. The predicted octanol–water partition coefficient (Wildman–Crippen LogP) is 3.92. The smallest absolute Gasteiger partial charge is 0.414 e. The van der Waals surface area contributed by atoms with E-state index in [-0.39, 0.29) is 17.2 Å². The number of carbonyl (C=O) groups excluding carboxylic acids is 1. The van der Waals surface area contributed by atoms with Crippen molar-refractivity contribution in [2.24, 2.45) is 0 Å². The first-order valence-electron chi connectivity index (χ1n) is 9.22. The SMILES string of the molecule is COc1cc(-c2n[nH]c(=S)n2-c2cccc3ncccc23)c(O)cc1OC(=O)N(C)C. The van der Waals surface area contributed by atoms with Crippen molar-refractivity contribution in [1.82, 2.24) is 24.6 Å². The number of nitrogens with one attached hydrogen (secondary N) is 1. The summed E-state index contributed by atoms with van der Waals surface area (Å²) >= 11 is 5.47. The number of hydrogen-bond acceptors (Lipinski definition) is 7. The number of phenols is 1. The number of phenolic OH excluding ortho intramolecular Hbond substituents is 1. The number of H-pyrrole nitrogens is 1. The van der Waals surface area contributed by atoms with Gasteiger partial charge in [-0.1, -0.05) is 6.07 Å². The van der Waals surface area contributed by atoms with Crippen LogP contribution in [0.15, 0.2) is 48.7 Å². The molecule has 0 aliphatic heterocycles. The highest BCUT2D eigenvalue weighted by molar-refractivity contribution is 7.71. The molecule has 1 amide bonds. The molecule has 0 radical (unpaired) electrons. The number of benzene rings is 2. The van der Waals surface area contributed by atoms with Crippen molar-refractivity contribution in [3.8, 4) is 34.3 Å². The molecule has 0 aliphatic rings. The molecule has 0 saturated heterocycles. The predicted molar refractivity (Wildman–Crippen MR) is 117 cm³/mol. The number of aromatic nitrogens is 4. The number of amides is 1. The standard InChI is InChI=1S/C21H19N5O4S/c1-25(2)21(28)30-18-11-16(27)13(10-17(18)29-3)19-23-24-20(31)26(19)15-8-4-7-14-12(15)6-5-9-22-14/h4-11,27H,1-3H3,(H,24,31). The van der Waals surface area contributed by atoms with E-state index < -0.39 is 6.09 Å². The normalized spacial score (nSPS) is 10.8. The number of aromatic amines is 1. The first kappa shape index (κ1) is 20.4. The van der Waals surface area contributed by atoms with E-state index >= 15 is 0 Å². The topological polar surface area (TPSA) is 105 Å². The maximum absolute atomic E-state index is 11.9. The zero-order valence-corrected chi connectivity index (χ0v) is 17.8. The molecule has 2 aromatic heterocycles. The summed E-state index contributed by atoms with van der Waals surface area (Å²) in [5, 5.41) is 18.7. The highest BCUT2D eigenvalue weighted by Crippen LogP contribution is 2.40. The van der Waals surface area contributed by atoms with E-state index in [2.05, 4.69) is 15.2 Å². The third-order valence-electron chi connectivity index (χ3n) is 4.62. The van der Waals surface area contributed by atoms with Crippen LogP contribution in [0.25, 0.3) is 28.0 Å². The lowest BCUT2D eigenvalue weighted by atomic mass is 10.1. The van der Waals surface area contributed by atoms with Crippen LogP contribution >= 0.6 is 12.2 Å². The molecule has 0 fully saturated rings. The fourth-order valence-electron chi connectivity index (χ4n) is 3.14. The lowest BCUT2D eigenvalue weighted by Crippen LogP contribution is -2.25. The summed E-state index contributed by atoms with van der Waals surface area (Å²) in [5.41, 5.74) is 1.89. The Balaban J connectivity index is 1.89. The summed E-state index contributed by atoms with van der Waals surface area (Å²) in [6.07, 6.45) is 1.11. The van der Waals surface area contributed by atoms with E-state index in [4.69, 9.17) is 21.7 Å². The quantitative estimate of drug-likeness (QED) is 0.466. The number of hydrogen-bond donors (Lipinski definition) is 2. The summed E-state index contributed by atoms with van der Waals surface area (Å²) in [6, 6.07) is 12.3. The Hall–Kier alpha value is -3.92. The molecule has 9 nitrogen and oxygen atoms in total. The Morgan fingerprint density at radius 1 is 1.19 bits per heavy atom. The number of methoxy groups -OCH3 is 1. The Morgan fingerprint density at radius 3 is 2.74 bits per heavy atom. The molecule has 0 aliphatic carbocycles. The average molecular weight is 437 g/mol. The van der Waals surface area contributed by atoms with Gasteiger partial charge in [0.05, 0.1) is 23.9 Å². The molecule has 4 rings (SSSR count). The van der Waals surface area contributed by atoms with Crippen LogP contribution in [0.2, 0.25) is 0 Å². The number of ether oxygens (including phenoxy) is 2. The first-order chi connectivity index (χ1) is 14.9. The lowest BCUT2D eigenvalue weighted by molar-refractivity contribution is 0.170. The van der Waals surface area contributed by atoms with Crippen LogP contribution in [-0.4, -0.2) is 57.1 Å². The van der Waals surface area contributed by atoms with E-state index in [0.717, 1.165) is 16.6 Å². The second kappa shape index (κ2) is 8.07. The van der Waals surface area contributed by atoms with Crippen molar-refractivity contribution in [3.63, 3.8) is 0 Å². The lowest BCUT2D eigenvalue weighted by Gasteiger charge is -2.16. The minimum Gasteiger partial charge on any atom is -0.507 e. The summed E-state index contributed by atoms with van der Waals surface area (Å²) in [7, 11) is 4.55. The number of fused-ring (bicyclic) bond motifs is 1. The number of aromatic hydroxyl groups is 1. The fraction of sp³-hybridized carbons (Fsp3) is 0.143. The molecular formula is C21H19N5O4S. The molecular weight excluding hydrogens is 418 g/mol. The first-order valence-corrected chi connectivity index (χ1v) is 9.63. The molecule has 158 valence electrons. The molecule has 31 heavy (non-hydrogen) atoms. The molecule has 4 aromatic rings. The van der Waals surface area contributed by atoms with Crippen LogP contribution in [0.3, 0.4) is 0 Å². The monoisotopic (exact) mass is 437 g/mol. The van der Waals surface area contributed by atoms with Gasteiger partial charge in [0.1, 0.15) is 5.75 Å². The van der Waals surface area contributed by atoms with E-state index in [0.29, 0.717) is 16.2 Å². The van der Waals surface area contributed by atoms with Crippen molar-refractivity contribution >= 4 is 29.2 Å². The second-order valence-corrected chi connectivity index (χ2v) is 7.20. The third kappa shape index (κ3) is 3.68. The molecule has 0 bridgehead atoms. The molecule has 0 atom stereocenters. The Kier molecular flexibility index (Phi) is 5.30. The summed E-state index contributed by atoms with van der Waals surface area (Å²) in [5.74, 6) is 0.541. The van der Waals surface area contributed by atoms with Crippen LogP contribution in [0.4, 0.5) is 4.79 Å². The van der Waals surface area contributed by atoms with Gasteiger partial charge in [-0.2, -0.15) is 5.10 Å². The van der Waals surface area contributed by atoms with Gasteiger partial charge in [-0.3, -0.25) is 14.6 Å². The van der Waals surface area contributed by atoms with Gasteiger partial charge >= 0.3 is 6.09 Å². The van der Waals surface area contributed by atoms with Crippen molar-refractivity contribution in [1.29, 1.82) is 0 Å². The van der Waals surface area contributed by atoms with Gasteiger partial charge in [0, 0.05) is 31.7 Å². The Labute approximate surface area is 182 Å². The van der Waals surface area contributed by atoms with Crippen LogP contribution < -0.4 is 9.47 Å². The molecule has 0 saturated carbocycles. The second-order valence-electron chi connectivity index (χ2n) is 6.82. The van der Waals surface area contributed by atoms with Crippen molar-refractivity contribution < 1.29 is 19.4 Å². The Morgan fingerprint density at radius 2 is 2.00 bits per heavy atom. The summed E-state index contributed by atoms with van der Waals surface area (Å²) in [6.45, 7) is 0. The zero-order chi connectivity index (χ0) is 22.1. The zero-order valence-electron chi connectivity index (χ0n) is 17.0. The minimum atomic E-state index is -0.601.